The van der Waals surface area contributed by atoms with Crippen molar-refractivity contribution >= 4 is 17.6 Å². The summed E-state index contributed by atoms with van der Waals surface area (Å²) < 4.78 is 19.6. The number of carboxylic acid groups (broad SMARTS) is 1. The van der Waals surface area contributed by atoms with Crippen molar-refractivity contribution in [1.29, 1.82) is 5.26 Å². The summed E-state index contributed by atoms with van der Waals surface area (Å²) in [5, 5.41) is 30.3. The van der Waals surface area contributed by atoms with E-state index in [1.807, 2.05) is 37.3 Å². The van der Waals surface area contributed by atoms with Gasteiger partial charge in [-0.05, 0) is 72.7 Å². The number of pyridine rings is 1. The van der Waals surface area contributed by atoms with Gasteiger partial charge in [0.1, 0.15) is 30.3 Å². The molecule has 216 valence electrons. The zero-order valence-corrected chi connectivity index (χ0v) is 23.9. The highest BCUT2D eigenvalue weighted by molar-refractivity contribution is 6.31. The highest BCUT2D eigenvalue weighted by Crippen LogP contribution is 2.33. The first-order chi connectivity index (χ1) is 20.3. The quantitative estimate of drug-likeness (QED) is 0.220. The molecular formula is C33H31ClFN3O4. The summed E-state index contributed by atoms with van der Waals surface area (Å²) in [6.45, 7) is 1.65. The number of aliphatic carboxylic acids is 1. The SMILES string of the molecule is Cc1cc(OCc2cncc(C#N)c2)c(CN[C@H](CO)C(=O)O)cc1Cl.Fc1ccccc1-c1cccc2c1CCC2. The van der Waals surface area contributed by atoms with Crippen LogP contribution in [-0.4, -0.2) is 33.8 Å². The van der Waals surface area contributed by atoms with E-state index >= 15 is 0 Å². The van der Waals surface area contributed by atoms with Crippen molar-refractivity contribution < 1.29 is 24.1 Å². The molecule has 0 fully saturated rings. The van der Waals surface area contributed by atoms with Crippen molar-refractivity contribution in [2.75, 3.05) is 6.61 Å². The highest BCUT2D eigenvalue weighted by Gasteiger charge is 2.18. The third-order valence-corrected chi connectivity index (χ3v) is 7.40. The second kappa shape index (κ2) is 14.6. The number of halogens is 2. The molecule has 1 aromatic heterocycles. The summed E-state index contributed by atoms with van der Waals surface area (Å²) >= 11 is 6.16. The van der Waals surface area contributed by atoms with E-state index in [1.165, 1.54) is 29.8 Å². The van der Waals surface area contributed by atoms with E-state index in [0.29, 0.717) is 21.9 Å². The van der Waals surface area contributed by atoms with E-state index in [4.69, 9.17) is 31.8 Å². The molecule has 0 bridgehead atoms. The molecule has 0 saturated carbocycles. The van der Waals surface area contributed by atoms with Gasteiger partial charge in [0.15, 0.2) is 0 Å². The fourth-order valence-electron chi connectivity index (χ4n) is 4.77. The van der Waals surface area contributed by atoms with Crippen LogP contribution in [0.1, 0.15) is 39.8 Å². The molecule has 0 amide bonds. The number of carboxylic acids is 1. The standard InChI is InChI=1S/C18H18ClN3O4.C15H13F/c1-11-2-17(26-10-13-3-12(5-20)6-21-7-13)14(4-15(11)19)8-22-16(9-23)18(24)25;16-15-10-2-1-7-14(15)13-9-4-6-11-5-3-8-12(11)13/h2-4,6-7,16,22-23H,8-10H2,1H3,(H,24,25);1-2,4,6-7,9-10H,3,5,8H2/t16-;/m1./s1. The summed E-state index contributed by atoms with van der Waals surface area (Å²) in [6, 6.07) is 19.3. The Labute approximate surface area is 249 Å². The van der Waals surface area contributed by atoms with Gasteiger partial charge in [0.2, 0.25) is 0 Å². The number of aliphatic hydroxyl groups is 1. The lowest BCUT2D eigenvalue weighted by Crippen LogP contribution is -2.39. The third-order valence-electron chi connectivity index (χ3n) is 6.99. The number of hydrogen-bond donors (Lipinski definition) is 3. The van der Waals surface area contributed by atoms with Crippen molar-refractivity contribution in [1.82, 2.24) is 10.3 Å². The molecule has 9 heteroatoms. The van der Waals surface area contributed by atoms with Crippen molar-refractivity contribution in [2.45, 2.75) is 45.4 Å². The zero-order valence-electron chi connectivity index (χ0n) is 23.1. The van der Waals surface area contributed by atoms with E-state index in [9.17, 15) is 9.18 Å². The molecule has 5 rings (SSSR count). The number of fused-ring (bicyclic) bond motifs is 1. The van der Waals surface area contributed by atoms with Crippen LogP contribution in [0, 0.1) is 24.1 Å². The van der Waals surface area contributed by atoms with Crippen LogP contribution in [0.15, 0.2) is 73.1 Å². The predicted molar refractivity (Wildman–Crippen MR) is 159 cm³/mol. The van der Waals surface area contributed by atoms with Crippen molar-refractivity contribution in [3.63, 3.8) is 0 Å². The molecule has 0 radical (unpaired) electrons. The van der Waals surface area contributed by atoms with E-state index in [1.54, 1.807) is 30.5 Å². The number of aliphatic hydroxyl groups excluding tert-OH is 1. The van der Waals surface area contributed by atoms with E-state index in [-0.39, 0.29) is 19.0 Å². The number of ether oxygens (including phenoxy) is 1. The van der Waals surface area contributed by atoms with Gasteiger partial charge in [-0.15, -0.1) is 0 Å². The first-order valence-electron chi connectivity index (χ1n) is 13.5. The average Bonchev–Trinajstić information content (AvgIpc) is 3.48. The van der Waals surface area contributed by atoms with Crippen LogP contribution < -0.4 is 10.1 Å². The lowest BCUT2D eigenvalue weighted by atomic mass is 9.97. The summed E-state index contributed by atoms with van der Waals surface area (Å²) in [5.41, 5.74) is 7.18. The second-order valence-corrected chi connectivity index (χ2v) is 10.3. The van der Waals surface area contributed by atoms with Crippen molar-refractivity contribution in [3.05, 3.63) is 117 Å². The van der Waals surface area contributed by atoms with E-state index < -0.39 is 18.6 Å². The normalized spacial score (nSPS) is 12.5. The minimum atomic E-state index is -1.15. The third kappa shape index (κ3) is 7.71. The van der Waals surface area contributed by atoms with Crippen LogP contribution in [0.5, 0.6) is 5.75 Å². The summed E-state index contributed by atoms with van der Waals surface area (Å²) in [4.78, 5) is 15.0. The molecular weight excluding hydrogens is 557 g/mol. The maximum absolute atomic E-state index is 13.7. The van der Waals surface area contributed by atoms with Crippen molar-refractivity contribution in [2.24, 2.45) is 0 Å². The van der Waals surface area contributed by atoms with Crippen LogP contribution in [0.25, 0.3) is 11.1 Å². The minimum Gasteiger partial charge on any atom is -0.489 e. The van der Waals surface area contributed by atoms with Gasteiger partial charge in [-0.2, -0.15) is 5.26 Å². The van der Waals surface area contributed by atoms with Gasteiger partial charge in [-0.3, -0.25) is 15.1 Å². The van der Waals surface area contributed by atoms with Gasteiger partial charge in [-0.1, -0.05) is 48.0 Å². The van der Waals surface area contributed by atoms with Crippen LogP contribution in [0.3, 0.4) is 0 Å². The van der Waals surface area contributed by atoms with Gasteiger partial charge in [-0.25, -0.2) is 4.39 Å². The lowest BCUT2D eigenvalue weighted by Gasteiger charge is -2.16. The van der Waals surface area contributed by atoms with Gasteiger partial charge in [0.05, 0.1) is 12.2 Å². The molecule has 0 unspecified atom stereocenters. The molecule has 42 heavy (non-hydrogen) atoms. The van der Waals surface area contributed by atoms with Crippen LogP contribution >= 0.6 is 11.6 Å². The Morgan fingerprint density at radius 1 is 1.14 bits per heavy atom. The Bertz CT molecular complexity index is 1600. The van der Waals surface area contributed by atoms with Gasteiger partial charge in [0.25, 0.3) is 0 Å². The van der Waals surface area contributed by atoms with Crippen LogP contribution in [-0.2, 0) is 30.8 Å². The molecule has 0 spiro atoms. The predicted octanol–water partition coefficient (Wildman–Crippen LogP) is 6.01. The summed E-state index contributed by atoms with van der Waals surface area (Å²) in [6.07, 6.45) is 6.48. The lowest BCUT2D eigenvalue weighted by molar-refractivity contribution is -0.140. The Hall–Kier alpha value is -4.29. The number of nitrogens with one attached hydrogen (secondary N) is 1. The van der Waals surface area contributed by atoms with Crippen LogP contribution in [0.4, 0.5) is 4.39 Å². The molecule has 4 aromatic rings. The molecule has 1 atom stereocenters. The number of nitrogens with zero attached hydrogens (tertiary/aromatic N) is 2. The molecule has 7 nitrogen and oxygen atoms in total. The Morgan fingerprint density at radius 3 is 2.67 bits per heavy atom. The van der Waals surface area contributed by atoms with Gasteiger partial charge < -0.3 is 14.9 Å². The number of carbonyl (C=O) groups is 1. The Balaban J connectivity index is 0.000000214. The minimum absolute atomic E-state index is 0.122. The maximum atomic E-state index is 13.7. The first kappa shape index (κ1) is 30.7. The number of aromatic nitrogens is 1. The largest absolute Gasteiger partial charge is 0.489 e. The fourth-order valence-corrected chi connectivity index (χ4v) is 4.96. The molecule has 3 aromatic carbocycles. The fraction of sp³-hybridized carbons (Fsp3) is 0.242. The summed E-state index contributed by atoms with van der Waals surface area (Å²) in [7, 11) is 0. The molecule has 3 N–H and O–H groups in total. The molecule has 1 aliphatic rings. The number of hydrogen-bond acceptors (Lipinski definition) is 6. The van der Waals surface area contributed by atoms with Gasteiger partial charge in [0, 0.05) is 40.7 Å². The highest BCUT2D eigenvalue weighted by atomic mass is 35.5. The molecule has 1 aliphatic carbocycles. The topological polar surface area (TPSA) is 115 Å². The number of nitriles is 1. The zero-order chi connectivity index (χ0) is 30.1. The number of benzene rings is 3. The Kier molecular flexibility index (Phi) is 10.6. The van der Waals surface area contributed by atoms with E-state index in [0.717, 1.165) is 35.1 Å². The molecule has 0 saturated heterocycles. The molecule has 0 aliphatic heterocycles. The second-order valence-electron chi connectivity index (χ2n) is 9.92. The van der Waals surface area contributed by atoms with Gasteiger partial charge >= 0.3 is 5.97 Å². The van der Waals surface area contributed by atoms with Crippen molar-refractivity contribution in [3.8, 4) is 22.9 Å². The molecule has 1 heterocycles. The maximum Gasteiger partial charge on any atom is 0.323 e. The first-order valence-corrected chi connectivity index (χ1v) is 13.9. The Morgan fingerprint density at radius 2 is 1.93 bits per heavy atom. The van der Waals surface area contributed by atoms with Crippen LogP contribution in [0.2, 0.25) is 5.02 Å². The average molecular weight is 588 g/mol. The number of rotatable bonds is 9. The van der Waals surface area contributed by atoms with E-state index in [2.05, 4.69) is 16.4 Å². The number of aryl methyl sites for hydroxylation is 2. The summed E-state index contributed by atoms with van der Waals surface area (Å²) in [5.74, 6) is -0.737. The monoisotopic (exact) mass is 587 g/mol. The smallest absolute Gasteiger partial charge is 0.323 e.